The Morgan fingerprint density at radius 1 is 1.41 bits per heavy atom. The molecule has 6 heteroatoms. The molecule has 2 rings (SSSR count). The highest BCUT2D eigenvalue weighted by Gasteiger charge is 2.33. The predicted octanol–water partition coefficient (Wildman–Crippen LogP) is 4.01. The van der Waals surface area contributed by atoms with Crippen molar-refractivity contribution >= 4 is 17.7 Å². The number of hydrogen-bond donors (Lipinski definition) is 0. The molecule has 0 unspecified atom stereocenters. The van der Waals surface area contributed by atoms with E-state index in [0.29, 0.717) is 36.5 Å². The lowest BCUT2D eigenvalue weighted by molar-refractivity contribution is -0.00781. The van der Waals surface area contributed by atoms with E-state index in [1.165, 1.54) is 0 Å². The van der Waals surface area contributed by atoms with E-state index in [0.717, 1.165) is 0 Å². The number of aromatic nitrogens is 1. The molecule has 0 aromatic carbocycles. The van der Waals surface area contributed by atoms with Gasteiger partial charge in [0.1, 0.15) is 16.5 Å². The predicted molar refractivity (Wildman–Crippen MR) is 87.4 cm³/mol. The van der Waals surface area contributed by atoms with Gasteiger partial charge < -0.3 is 14.4 Å². The average Bonchev–Trinajstić information content (AvgIpc) is 2.37. The normalized spacial score (nSPS) is 14.5. The number of rotatable bonds is 3. The van der Waals surface area contributed by atoms with Gasteiger partial charge in [-0.3, -0.25) is 0 Å². The van der Waals surface area contributed by atoms with E-state index in [1.54, 1.807) is 23.2 Å². The number of hydrogen-bond acceptors (Lipinski definition) is 4. The summed E-state index contributed by atoms with van der Waals surface area (Å²) in [6.45, 7) is 11.5. The van der Waals surface area contributed by atoms with Crippen molar-refractivity contribution in [2.24, 2.45) is 5.92 Å². The van der Waals surface area contributed by atoms with Crippen LogP contribution in [0.15, 0.2) is 18.3 Å². The first-order valence-electron chi connectivity index (χ1n) is 7.56. The van der Waals surface area contributed by atoms with Gasteiger partial charge in [-0.15, -0.1) is 0 Å². The zero-order chi connectivity index (χ0) is 16.8. The van der Waals surface area contributed by atoms with Crippen LogP contribution in [0, 0.1) is 5.92 Å². The molecule has 1 saturated heterocycles. The van der Waals surface area contributed by atoms with Gasteiger partial charge in [0.25, 0.3) is 0 Å². The van der Waals surface area contributed by atoms with Crippen molar-refractivity contribution in [3.05, 3.63) is 23.5 Å². The fourth-order valence-electron chi connectivity index (χ4n) is 1.84. The van der Waals surface area contributed by atoms with Crippen LogP contribution in [0.4, 0.5) is 4.79 Å². The van der Waals surface area contributed by atoms with E-state index >= 15 is 0 Å². The topological polar surface area (TPSA) is 51.7 Å². The minimum Gasteiger partial charge on any atom is -0.493 e. The maximum absolute atomic E-state index is 11.7. The lowest BCUT2D eigenvalue weighted by Gasteiger charge is -2.39. The van der Waals surface area contributed by atoms with Crippen LogP contribution in [0.5, 0.6) is 5.75 Å². The monoisotopic (exact) mass is 328 g/mol. The summed E-state index contributed by atoms with van der Waals surface area (Å²) in [5.41, 5.74) is -0.452. The Bertz CT molecular complexity index is 483. The summed E-state index contributed by atoms with van der Waals surface area (Å²) in [6.07, 6.45) is 1.34. The number of amides is 1. The van der Waals surface area contributed by atoms with Crippen molar-refractivity contribution in [3.8, 4) is 5.75 Å². The van der Waals surface area contributed by atoms with Crippen molar-refractivity contribution < 1.29 is 14.3 Å². The minimum absolute atomic E-state index is 0.263. The Balaban J connectivity index is 0.00000116. The highest BCUT2D eigenvalue weighted by Crippen LogP contribution is 2.21. The fourth-order valence-corrected chi connectivity index (χ4v) is 2.00. The van der Waals surface area contributed by atoms with E-state index < -0.39 is 5.60 Å². The minimum atomic E-state index is -0.452. The molecule has 124 valence electrons. The molecular weight excluding hydrogens is 304 g/mol. The van der Waals surface area contributed by atoms with Crippen LogP contribution in [-0.2, 0) is 4.74 Å². The van der Waals surface area contributed by atoms with Crippen LogP contribution in [0.2, 0.25) is 5.15 Å². The Hall–Kier alpha value is -1.49. The number of pyridine rings is 1. The SMILES string of the molecule is CC.CC(C)(C)OC(=O)N1CC(COc2ccnc(Cl)c2)C1. The van der Waals surface area contributed by atoms with Gasteiger partial charge in [0.05, 0.1) is 6.61 Å². The van der Waals surface area contributed by atoms with Crippen LogP contribution in [0.3, 0.4) is 0 Å². The lowest BCUT2D eigenvalue weighted by atomic mass is 10.0. The standard InChI is InChI=1S/C14H19ClN2O3.C2H6/c1-14(2,3)20-13(18)17-7-10(8-17)9-19-11-4-5-16-12(15)6-11;1-2/h4-6,10H,7-9H2,1-3H3;1-2H3. The zero-order valence-electron chi connectivity index (χ0n) is 13.9. The highest BCUT2D eigenvalue weighted by atomic mass is 35.5. The van der Waals surface area contributed by atoms with E-state index in [9.17, 15) is 4.79 Å². The van der Waals surface area contributed by atoms with Crippen molar-refractivity contribution in [3.63, 3.8) is 0 Å². The second-order valence-corrected chi connectivity index (χ2v) is 6.26. The largest absolute Gasteiger partial charge is 0.493 e. The molecule has 0 saturated carbocycles. The average molecular weight is 329 g/mol. The van der Waals surface area contributed by atoms with E-state index in [4.69, 9.17) is 21.1 Å². The molecule has 0 atom stereocenters. The van der Waals surface area contributed by atoms with E-state index in [2.05, 4.69) is 4.98 Å². The van der Waals surface area contributed by atoms with Crippen LogP contribution < -0.4 is 4.74 Å². The Morgan fingerprint density at radius 2 is 2.05 bits per heavy atom. The second kappa shape index (κ2) is 8.22. The molecule has 2 heterocycles. The van der Waals surface area contributed by atoms with Crippen molar-refractivity contribution in [1.29, 1.82) is 0 Å². The number of likely N-dealkylation sites (tertiary alicyclic amines) is 1. The molecule has 1 aromatic heterocycles. The molecule has 0 radical (unpaired) electrons. The maximum Gasteiger partial charge on any atom is 0.410 e. The molecule has 0 aliphatic carbocycles. The van der Waals surface area contributed by atoms with Crippen LogP contribution >= 0.6 is 11.6 Å². The van der Waals surface area contributed by atoms with Gasteiger partial charge in [-0.1, -0.05) is 25.4 Å². The van der Waals surface area contributed by atoms with Gasteiger partial charge >= 0.3 is 6.09 Å². The van der Waals surface area contributed by atoms with Crippen molar-refractivity contribution in [2.45, 2.75) is 40.2 Å². The summed E-state index contributed by atoms with van der Waals surface area (Å²) in [5, 5.41) is 0.409. The Kier molecular flexibility index (Phi) is 6.94. The van der Waals surface area contributed by atoms with Gasteiger partial charge in [-0.05, 0) is 26.8 Å². The van der Waals surface area contributed by atoms with Crippen molar-refractivity contribution in [2.75, 3.05) is 19.7 Å². The van der Waals surface area contributed by atoms with Gasteiger partial charge in [0.2, 0.25) is 0 Å². The first-order chi connectivity index (χ1) is 10.3. The Morgan fingerprint density at radius 3 is 2.59 bits per heavy atom. The molecule has 1 aliphatic rings. The molecule has 0 N–H and O–H groups in total. The molecule has 0 bridgehead atoms. The van der Waals surface area contributed by atoms with Crippen molar-refractivity contribution in [1.82, 2.24) is 9.88 Å². The molecule has 1 aliphatic heterocycles. The van der Waals surface area contributed by atoms with E-state index in [1.807, 2.05) is 34.6 Å². The number of carbonyl (C=O) groups excluding carboxylic acids is 1. The van der Waals surface area contributed by atoms with Gasteiger partial charge in [0.15, 0.2) is 0 Å². The molecule has 1 fully saturated rings. The maximum atomic E-state index is 11.7. The molecule has 5 nitrogen and oxygen atoms in total. The second-order valence-electron chi connectivity index (χ2n) is 5.88. The van der Waals surface area contributed by atoms with Crippen LogP contribution in [0.25, 0.3) is 0 Å². The van der Waals surface area contributed by atoms with Gasteiger partial charge in [-0.2, -0.15) is 0 Å². The molecule has 1 aromatic rings. The van der Waals surface area contributed by atoms with Gasteiger partial charge in [-0.25, -0.2) is 9.78 Å². The van der Waals surface area contributed by atoms with Crippen LogP contribution in [-0.4, -0.2) is 41.3 Å². The van der Waals surface area contributed by atoms with Crippen LogP contribution in [0.1, 0.15) is 34.6 Å². The fraction of sp³-hybridized carbons (Fsp3) is 0.625. The molecule has 0 spiro atoms. The number of halogens is 1. The van der Waals surface area contributed by atoms with Gasteiger partial charge in [0, 0.05) is 31.3 Å². The summed E-state index contributed by atoms with van der Waals surface area (Å²) in [5.74, 6) is 1.02. The summed E-state index contributed by atoms with van der Waals surface area (Å²) < 4.78 is 10.9. The molecule has 22 heavy (non-hydrogen) atoms. The summed E-state index contributed by atoms with van der Waals surface area (Å²) in [4.78, 5) is 17.3. The molecular formula is C16H25ClN2O3. The third-order valence-electron chi connectivity index (χ3n) is 2.79. The summed E-state index contributed by atoms with van der Waals surface area (Å²) in [6, 6.07) is 3.43. The zero-order valence-corrected chi connectivity index (χ0v) is 14.7. The molecule has 1 amide bonds. The summed E-state index contributed by atoms with van der Waals surface area (Å²) >= 11 is 5.77. The highest BCUT2D eigenvalue weighted by molar-refractivity contribution is 6.29. The van der Waals surface area contributed by atoms with E-state index in [-0.39, 0.29) is 6.09 Å². The number of nitrogens with zero attached hydrogens (tertiary/aromatic N) is 2. The Labute approximate surface area is 137 Å². The number of carbonyl (C=O) groups is 1. The number of ether oxygens (including phenoxy) is 2. The lowest BCUT2D eigenvalue weighted by Crippen LogP contribution is -2.53. The third-order valence-corrected chi connectivity index (χ3v) is 3.00. The first-order valence-corrected chi connectivity index (χ1v) is 7.93. The third kappa shape index (κ3) is 6.10. The summed E-state index contributed by atoms with van der Waals surface area (Å²) in [7, 11) is 0. The first kappa shape index (κ1) is 18.6. The smallest absolute Gasteiger partial charge is 0.410 e. The quantitative estimate of drug-likeness (QED) is 0.787.